The first-order valence-corrected chi connectivity index (χ1v) is 8.00. The molecule has 0 heterocycles. The number of halogens is 2. The molecule has 0 saturated carbocycles. The number of ketones is 2. The fourth-order valence-electron chi connectivity index (χ4n) is 2.24. The summed E-state index contributed by atoms with van der Waals surface area (Å²) in [6.07, 6.45) is 8.04. The third-order valence-corrected chi connectivity index (χ3v) is 3.56. The molecule has 2 aromatic carbocycles. The van der Waals surface area contributed by atoms with E-state index in [0.29, 0.717) is 12.8 Å². The molecule has 0 spiro atoms. The van der Waals surface area contributed by atoms with E-state index in [-0.39, 0.29) is 22.7 Å². The van der Waals surface area contributed by atoms with Crippen molar-refractivity contribution in [1.82, 2.24) is 0 Å². The van der Waals surface area contributed by atoms with E-state index in [0.717, 1.165) is 6.42 Å². The van der Waals surface area contributed by atoms with E-state index in [4.69, 9.17) is 0 Å². The van der Waals surface area contributed by atoms with Crippen molar-refractivity contribution < 1.29 is 18.4 Å². The first kappa shape index (κ1) is 18.5. The maximum Gasteiger partial charge on any atom is 0.188 e. The minimum absolute atomic E-state index is 0.0501. The summed E-state index contributed by atoms with van der Waals surface area (Å²) < 4.78 is 26.9. The van der Waals surface area contributed by atoms with E-state index in [1.807, 2.05) is 0 Å². The Bertz CT molecular complexity index is 740. The van der Waals surface area contributed by atoms with Crippen molar-refractivity contribution in [2.75, 3.05) is 0 Å². The van der Waals surface area contributed by atoms with E-state index in [9.17, 15) is 18.4 Å². The summed E-state index contributed by atoms with van der Waals surface area (Å²) >= 11 is 0. The van der Waals surface area contributed by atoms with Gasteiger partial charge in [-0.25, -0.2) is 8.78 Å². The van der Waals surface area contributed by atoms with Gasteiger partial charge in [0.05, 0.1) is 11.1 Å². The Hall–Kier alpha value is -2.88. The van der Waals surface area contributed by atoms with Gasteiger partial charge >= 0.3 is 0 Å². The number of rotatable bonds is 8. The van der Waals surface area contributed by atoms with Crippen LogP contribution in [0.5, 0.6) is 0 Å². The molecule has 0 radical (unpaired) electrons. The van der Waals surface area contributed by atoms with E-state index in [1.165, 1.54) is 48.6 Å². The number of allylic oxidation sites excluding steroid dienone is 4. The molecular weight excluding hydrogens is 322 g/mol. The van der Waals surface area contributed by atoms with Crippen LogP contribution in [0.25, 0.3) is 0 Å². The quantitative estimate of drug-likeness (QED) is 0.370. The van der Waals surface area contributed by atoms with Crippen molar-refractivity contribution in [2.24, 2.45) is 0 Å². The SMILES string of the molecule is O=C(/C=C/CCC/C=C/C(=O)c1ccccc1F)c1ccccc1F. The lowest BCUT2D eigenvalue weighted by Gasteiger charge is -1.98. The molecule has 25 heavy (non-hydrogen) atoms. The molecule has 2 rings (SSSR count). The van der Waals surface area contributed by atoms with Crippen LogP contribution in [0.2, 0.25) is 0 Å². The van der Waals surface area contributed by atoms with Gasteiger partial charge in [0, 0.05) is 0 Å². The molecule has 128 valence electrons. The lowest BCUT2D eigenvalue weighted by Crippen LogP contribution is -1.98. The van der Waals surface area contributed by atoms with Crippen molar-refractivity contribution in [1.29, 1.82) is 0 Å². The third kappa shape index (κ3) is 5.60. The van der Waals surface area contributed by atoms with Gasteiger partial charge in [0.1, 0.15) is 11.6 Å². The van der Waals surface area contributed by atoms with Crippen molar-refractivity contribution in [3.05, 3.63) is 95.6 Å². The zero-order valence-corrected chi connectivity index (χ0v) is 13.6. The molecule has 0 amide bonds. The zero-order chi connectivity index (χ0) is 18.1. The van der Waals surface area contributed by atoms with Crippen LogP contribution in [0.15, 0.2) is 72.8 Å². The second-order valence-corrected chi connectivity index (χ2v) is 5.42. The van der Waals surface area contributed by atoms with Crippen molar-refractivity contribution in [3.8, 4) is 0 Å². The summed E-state index contributed by atoms with van der Waals surface area (Å²) in [4.78, 5) is 23.6. The van der Waals surface area contributed by atoms with E-state index in [1.54, 1.807) is 24.3 Å². The van der Waals surface area contributed by atoms with Gasteiger partial charge in [-0.3, -0.25) is 9.59 Å². The summed E-state index contributed by atoms with van der Waals surface area (Å²) in [5, 5.41) is 0. The first-order chi connectivity index (χ1) is 12.1. The van der Waals surface area contributed by atoms with Crippen LogP contribution in [0.3, 0.4) is 0 Å². The predicted octanol–water partition coefficient (Wildman–Crippen LogP) is 5.31. The highest BCUT2D eigenvalue weighted by Crippen LogP contribution is 2.10. The molecule has 4 heteroatoms. The van der Waals surface area contributed by atoms with Gasteiger partial charge in [0.25, 0.3) is 0 Å². The monoisotopic (exact) mass is 340 g/mol. The second-order valence-electron chi connectivity index (χ2n) is 5.42. The fourth-order valence-corrected chi connectivity index (χ4v) is 2.24. The lowest BCUT2D eigenvalue weighted by molar-refractivity contribution is 0.103. The van der Waals surface area contributed by atoms with Crippen molar-refractivity contribution in [3.63, 3.8) is 0 Å². The van der Waals surface area contributed by atoms with Crippen LogP contribution in [0.1, 0.15) is 40.0 Å². The van der Waals surface area contributed by atoms with Gasteiger partial charge in [-0.2, -0.15) is 0 Å². The maximum atomic E-state index is 13.4. The maximum absolute atomic E-state index is 13.4. The summed E-state index contributed by atoms with van der Waals surface area (Å²) in [6.45, 7) is 0. The number of hydrogen-bond donors (Lipinski definition) is 0. The minimum Gasteiger partial charge on any atom is -0.289 e. The predicted molar refractivity (Wildman–Crippen MR) is 93.6 cm³/mol. The lowest BCUT2D eigenvalue weighted by atomic mass is 10.1. The number of carbonyl (C=O) groups is 2. The van der Waals surface area contributed by atoms with Gasteiger partial charge in [-0.15, -0.1) is 0 Å². The average molecular weight is 340 g/mol. The average Bonchev–Trinajstić information content (AvgIpc) is 2.61. The highest BCUT2D eigenvalue weighted by molar-refractivity contribution is 6.05. The second kappa shape index (κ2) is 9.42. The Morgan fingerprint density at radius 3 is 1.52 bits per heavy atom. The Labute approximate surface area is 145 Å². The van der Waals surface area contributed by atoms with Crippen LogP contribution in [-0.4, -0.2) is 11.6 Å². The molecule has 0 saturated heterocycles. The highest BCUT2D eigenvalue weighted by Gasteiger charge is 2.07. The van der Waals surface area contributed by atoms with Gasteiger partial charge in [-0.05, 0) is 55.7 Å². The topological polar surface area (TPSA) is 34.1 Å². The normalized spacial score (nSPS) is 11.3. The number of unbranched alkanes of at least 4 members (excludes halogenated alkanes) is 2. The molecule has 0 aliphatic carbocycles. The van der Waals surface area contributed by atoms with Gasteiger partial charge < -0.3 is 0 Å². The summed E-state index contributed by atoms with van der Waals surface area (Å²) in [7, 11) is 0. The summed E-state index contributed by atoms with van der Waals surface area (Å²) in [5.41, 5.74) is 0.100. The van der Waals surface area contributed by atoms with Gasteiger partial charge in [0.15, 0.2) is 11.6 Å². The Kier molecular flexibility index (Phi) is 6.96. The minimum atomic E-state index is -0.535. The third-order valence-electron chi connectivity index (χ3n) is 3.56. The van der Waals surface area contributed by atoms with Crippen LogP contribution in [0.4, 0.5) is 8.78 Å². The van der Waals surface area contributed by atoms with E-state index < -0.39 is 11.6 Å². The number of carbonyl (C=O) groups excluding carboxylic acids is 2. The molecule has 2 aromatic rings. The Morgan fingerprint density at radius 2 is 1.12 bits per heavy atom. The van der Waals surface area contributed by atoms with Gasteiger partial charge in [-0.1, -0.05) is 36.4 Å². The molecule has 0 aliphatic rings. The Balaban J connectivity index is 1.74. The summed E-state index contributed by atoms with van der Waals surface area (Å²) in [6, 6.07) is 11.7. The molecule has 0 atom stereocenters. The van der Waals surface area contributed by atoms with Gasteiger partial charge in [0.2, 0.25) is 0 Å². The number of benzene rings is 2. The van der Waals surface area contributed by atoms with E-state index >= 15 is 0 Å². The molecule has 0 unspecified atom stereocenters. The highest BCUT2D eigenvalue weighted by atomic mass is 19.1. The number of hydrogen-bond acceptors (Lipinski definition) is 2. The van der Waals surface area contributed by atoms with E-state index in [2.05, 4.69) is 0 Å². The van der Waals surface area contributed by atoms with Crippen LogP contribution >= 0.6 is 0 Å². The molecule has 0 fully saturated rings. The molecule has 0 bridgehead atoms. The zero-order valence-electron chi connectivity index (χ0n) is 13.6. The molecule has 2 nitrogen and oxygen atoms in total. The largest absolute Gasteiger partial charge is 0.289 e. The van der Waals surface area contributed by atoms with Crippen molar-refractivity contribution >= 4 is 11.6 Å². The smallest absolute Gasteiger partial charge is 0.188 e. The first-order valence-electron chi connectivity index (χ1n) is 8.00. The Morgan fingerprint density at radius 1 is 0.720 bits per heavy atom. The molecular formula is C21H18F2O2. The fraction of sp³-hybridized carbons (Fsp3) is 0.143. The summed E-state index contributed by atoms with van der Waals surface area (Å²) in [5.74, 6) is -1.81. The van der Waals surface area contributed by atoms with Crippen LogP contribution in [-0.2, 0) is 0 Å². The van der Waals surface area contributed by atoms with Crippen LogP contribution in [0, 0.1) is 11.6 Å². The van der Waals surface area contributed by atoms with Crippen molar-refractivity contribution in [2.45, 2.75) is 19.3 Å². The van der Waals surface area contributed by atoms with Crippen LogP contribution < -0.4 is 0 Å². The molecule has 0 aromatic heterocycles. The standard InChI is InChI=1S/C21H18F2O2/c22-18-12-8-6-10-16(18)20(24)14-4-2-1-3-5-15-21(25)17-11-7-9-13-19(17)23/h4-15H,1-3H2/b14-4+,15-5+. The molecule has 0 aliphatic heterocycles. The molecule has 0 N–H and O–H groups in total.